The summed E-state index contributed by atoms with van der Waals surface area (Å²) in [5, 5.41) is 0. The molecule has 0 saturated carbocycles. The van der Waals surface area contributed by atoms with Gasteiger partial charge in [-0.3, -0.25) is 0 Å². The van der Waals surface area contributed by atoms with Gasteiger partial charge >= 0.3 is 0 Å². The molecule has 114 valence electrons. The van der Waals surface area contributed by atoms with Crippen molar-refractivity contribution in [1.29, 1.82) is 0 Å². The molecule has 0 saturated heterocycles. The topological polar surface area (TPSA) is 34.1 Å². The van der Waals surface area contributed by atoms with Crippen LogP contribution in [0.15, 0.2) is 29.2 Å². The van der Waals surface area contributed by atoms with Crippen molar-refractivity contribution < 1.29 is 8.42 Å². The minimum atomic E-state index is -3.09. The van der Waals surface area contributed by atoms with Gasteiger partial charge in [-0.1, -0.05) is 70.1 Å². The predicted molar refractivity (Wildman–Crippen MR) is 85.8 cm³/mol. The lowest BCUT2D eigenvalue weighted by Crippen LogP contribution is -2.08. The maximum atomic E-state index is 12.2. The minimum Gasteiger partial charge on any atom is -0.224 e. The zero-order valence-electron chi connectivity index (χ0n) is 12.9. The maximum Gasteiger partial charge on any atom is 0.178 e. The summed E-state index contributed by atoms with van der Waals surface area (Å²) in [6.45, 7) is 4.08. The normalized spacial score (nSPS) is 11.7. The van der Waals surface area contributed by atoms with Crippen LogP contribution in [0.3, 0.4) is 0 Å². The Morgan fingerprint density at radius 3 is 2.00 bits per heavy atom. The number of aryl methyl sites for hydroxylation is 1. The molecule has 0 heterocycles. The fraction of sp³-hybridized carbons (Fsp3) is 0.647. The van der Waals surface area contributed by atoms with Crippen LogP contribution >= 0.6 is 0 Å². The zero-order valence-corrected chi connectivity index (χ0v) is 13.7. The number of hydrogen-bond donors (Lipinski definition) is 0. The highest BCUT2D eigenvalue weighted by atomic mass is 32.2. The lowest BCUT2D eigenvalue weighted by molar-refractivity contribution is 0.572. The number of sulfone groups is 1. The predicted octanol–water partition coefficient (Wildman–Crippen LogP) is 4.91. The molecule has 1 aromatic carbocycles. The Morgan fingerprint density at radius 2 is 1.40 bits per heavy atom. The van der Waals surface area contributed by atoms with Crippen LogP contribution in [-0.2, 0) is 9.84 Å². The zero-order chi connectivity index (χ0) is 14.8. The van der Waals surface area contributed by atoms with Crippen LogP contribution in [0.5, 0.6) is 0 Å². The van der Waals surface area contributed by atoms with Gasteiger partial charge in [-0.2, -0.15) is 0 Å². The average molecular weight is 296 g/mol. The van der Waals surface area contributed by atoms with Gasteiger partial charge in [0.25, 0.3) is 0 Å². The van der Waals surface area contributed by atoms with Gasteiger partial charge in [-0.15, -0.1) is 0 Å². The summed E-state index contributed by atoms with van der Waals surface area (Å²) in [4.78, 5) is 0.503. The van der Waals surface area contributed by atoms with Crippen molar-refractivity contribution in [3.63, 3.8) is 0 Å². The van der Waals surface area contributed by atoms with E-state index in [2.05, 4.69) is 6.92 Å². The van der Waals surface area contributed by atoms with Crippen molar-refractivity contribution in [3.8, 4) is 0 Å². The first-order chi connectivity index (χ1) is 9.58. The number of hydrogen-bond acceptors (Lipinski definition) is 2. The monoisotopic (exact) mass is 296 g/mol. The van der Waals surface area contributed by atoms with E-state index in [0.29, 0.717) is 4.90 Å². The summed E-state index contributed by atoms with van der Waals surface area (Å²) in [5.41, 5.74) is 0.854. The van der Waals surface area contributed by atoms with E-state index in [0.717, 1.165) is 24.8 Å². The Labute approximate surface area is 124 Å². The van der Waals surface area contributed by atoms with Crippen LogP contribution < -0.4 is 0 Å². The summed E-state index contributed by atoms with van der Waals surface area (Å²) in [5.74, 6) is 0.285. The third-order valence-electron chi connectivity index (χ3n) is 3.70. The fourth-order valence-corrected chi connectivity index (χ4v) is 4.09. The van der Waals surface area contributed by atoms with Crippen LogP contribution in [0.25, 0.3) is 0 Å². The van der Waals surface area contributed by atoms with Gasteiger partial charge in [0.1, 0.15) is 0 Å². The molecule has 0 atom stereocenters. The molecule has 0 unspecified atom stereocenters. The number of unbranched alkanes of at least 4 members (excludes halogenated alkanes) is 7. The molecule has 0 spiro atoms. The molecule has 0 bridgehead atoms. The van der Waals surface area contributed by atoms with E-state index in [1.54, 1.807) is 12.1 Å². The quantitative estimate of drug-likeness (QED) is 0.575. The smallest absolute Gasteiger partial charge is 0.178 e. The highest BCUT2D eigenvalue weighted by Gasteiger charge is 2.15. The molecule has 0 aliphatic carbocycles. The summed E-state index contributed by atoms with van der Waals surface area (Å²) in [6, 6.07) is 7.26. The van der Waals surface area contributed by atoms with E-state index < -0.39 is 9.84 Å². The van der Waals surface area contributed by atoms with Gasteiger partial charge in [0.15, 0.2) is 9.84 Å². The van der Waals surface area contributed by atoms with Crippen molar-refractivity contribution >= 4 is 9.84 Å². The Hall–Kier alpha value is -0.830. The van der Waals surface area contributed by atoms with Gasteiger partial charge in [-0.05, 0) is 25.0 Å². The Kier molecular flexibility index (Phi) is 7.90. The van der Waals surface area contributed by atoms with E-state index in [-0.39, 0.29) is 5.75 Å². The third-order valence-corrected chi connectivity index (χ3v) is 5.65. The van der Waals surface area contributed by atoms with E-state index >= 15 is 0 Å². The molecule has 0 radical (unpaired) electrons. The van der Waals surface area contributed by atoms with Gasteiger partial charge in [-0.25, -0.2) is 8.42 Å². The van der Waals surface area contributed by atoms with E-state index in [1.165, 1.54) is 32.1 Å². The second-order valence-electron chi connectivity index (χ2n) is 5.56. The third kappa shape index (κ3) is 6.08. The van der Waals surface area contributed by atoms with Crippen molar-refractivity contribution in [2.24, 2.45) is 0 Å². The molecule has 0 N–H and O–H groups in total. The SMILES string of the molecule is CCCCCCCCCCS(=O)(=O)c1ccccc1C. The van der Waals surface area contributed by atoms with Gasteiger partial charge in [0, 0.05) is 0 Å². The summed E-state index contributed by atoms with van der Waals surface area (Å²) < 4.78 is 24.5. The van der Waals surface area contributed by atoms with E-state index in [4.69, 9.17) is 0 Å². The minimum absolute atomic E-state index is 0.285. The summed E-state index contributed by atoms with van der Waals surface area (Å²) in [6.07, 6.45) is 9.41. The first kappa shape index (κ1) is 17.2. The van der Waals surface area contributed by atoms with Crippen LogP contribution in [0.4, 0.5) is 0 Å². The summed E-state index contributed by atoms with van der Waals surface area (Å²) >= 11 is 0. The summed E-state index contributed by atoms with van der Waals surface area (Å²) in [7, 11) is -3.09. The van der Waals surface area contributed by atoms with Gasteiger partial charge in [0.2, 0.25) is 0 Å². The molecule has 0 amide bonds. The lowest BCUT2D eigenvalue weighted by atomic mass is 10.1. The van der Waals surface area contributed by atoms with Crippen molar-refractivity contribution in [2.45, 2.75) is 70.1 Å². The molecule has 0 aliphatic rings. The Morgan fingerprint density at radius 1 is 0.850 bits per heavy atom. The van der Waals surface area contributed by atoms with E-state index in [1.807, 2.05) is 19.1 Å². The molecule has 2 nitrogen and oxygen atoms in total. The van der Waals surface area contributed by atoms with Crippen LogP contribution in [0.2, 0.25) is 0 Å². The fourth-order valence-electron chi connectivity index (χ4n) is 2.44. The Balaban J connectivity index is 2.26. The number of benzene rings is 1. The highest BCUT2D eigenvalue weighted by molar-refractivity contribution is 7.91. The highest BCUT2D eigenvalue weighted by Crippen LogP contribution is 2.18. The molecule has 0 fully saturated rings. The first-order valence-electron chi connectivity index (χ1n) is 7.86. The second kappa shape index (κ2) is 9.17. The van der Waals surface area contributed by atoms with Gasteiger partial charge in [0.05, 0.1) is 10.6 Å². The first-order valence-corrected chi connectivity index (χ1v) is 9.51. The average Bonchev–Trinajstić information content (AvgIpc) is 2.42. The molecule has 1 aromatic rings. The second-order valence-corrected chi connectivity index (χ2v) is 7.64. The molecule has 1 rings (SSSR count). The van der Waals surface area contributed by atoms with Crippen LogP contribution in [-0.4, -0.2) is 14.2 Å². The van der Waals surface area contributed by atoms with E-state index in [9.17, 15) is 8.42 Å². The Bertz CT molecular complexity index is 478. The van der Waals surface area contributed by atoms with Crippen LogP contribution in [0, 0.1) is 6.92 Å². The molecule has 0 aromatic heterocycles. The van der Waals surface area contributed by atoms with Gasteiger partial charge < -0.3 is 0 Å². The largest absolute Gasteiger partial charge is 0.224 e. The molecule has 20 heavy (non-hydrogen) atoms. The maximum absolute atomic E-state index is 12.2. The molecular formula is C17H28O2S. The standard InChI is InChI=1S/C17H28O2S/c1-3-4-5-6-7-8-9-12-15-20(18,19)17-14-11-10-13-16(17)2/h10-11,13-14H,3-9,12,15H2,1-2H3. The molecular weight excluding hydrogens is 268 g/mol. The number of rotatable bonds is 10. The van der Waals surface area contributed by atoms with Crippen molar-refractivity contribution in [1.82, 2.24) is 0 Å². The molecule has 0 aliphatic heterocycles. The lowest BCUT2D eigenvalue weighted by Gasteiger charge is -2.07. The molecule has 3 heteroatoms. The van der Waals surface area contributed by atoms with Crippen LogP contribution in [0.1, 0.15) is 63.9 Å². The van der Waals surface area contributed by atoms with Crippen molar-refractivity contribution in [3.05, 3.63) is 29.8 Å². The van der Waals surface area contributed by atoms with Crippen molar-refractivity contribution in [2.75, 3.05) is 5.75 Å².